The third-order valence-electron chi connectivity index (χ3n) is 2.44. The van der Waals surface area contributed by atoms with E-state index in [1.165, 1.54) is 23.9 Å². The summed E-state index contributed by atoms with van der Waals surface area (Å²) in [4.78, 5) is 11.6. The number of thioether (sulfide) groups is 1. The predicted octanol–water partition coefficient (Wildman–Crippen LogP) is 1.24. The van der Waals surface area contributed by atoms with Crippen LogP contribution in [0.5, 0.6) is 0 Å². The third kappa shape index (κ3) is 2.95. The Labute approximate surface area is 102 Å². The molecule has 1 aromatic rings. The summed E-state index contributed by atoms with van der Waals surface area (Å²) in [6.45, 7) is 0.790. The SMILES string of the molecule is O=C(NCc1cccc(F)c1F)C1NCCS1. The molecular formula is C11H12F2N2OS. The van der Waals surface area contributed by atoms with Crippen LogP contribution in [0.4, 0.5) is 8.78 Å². The topological polar surface area (TPSA) is 41.1 Å². The third-order valence-corrected chi connectivity index (χ3v) is 3.59. The first-order valence-corrected chi connectivity index (χ1v) is 6.29. The zero-order chi connectivity index (χ0) is 12.3. The number of amides is 1. The summed E-state index contributed by atoms with van der Waals surface area (Å²) in [6.07, 6.45) is 0. The first-order chi connectivity index (χ1) is 8.18. The van der Waals surface area contributed by atoms with Crippen molar-refractivity contribution < 1.29 is 13.6 Å². The molecule has 1 saturated heterocycles. The highest BCUT2D eigenvalue weighted by Gasteiger charge is 2.22. The maximum absolute atomic E-state index is 13.3. The van der Waals surface area contributed by atoms with Gasteiger partial charge in [-0.3, -0.25) is 10.1 Å². The lowest BCUT2D eigenvalue weighted by molar-refractivity contribution is -0.121. The fraction of sp³-hybridized carbons (Fsp3) is 0.364. The second-order valence-corrected chi connectivity index (χ2v) is 4.85. The number of rotatable bonds is 3. The van der Waals surface area contributed by atoms with Gasteiger partial charge in [-0.1, -0.05) is 12.1 Å². The summed E-state index contributed by atoms with van der Waals surface area (Å²) in [7, 11) is 0. The summed E-state index contributed by atoms with van der Waals surface area (Å²) in [5.41, 5.74) is 0.154. The molecule has 0 bridgehead atoms. The van der Waals surface area contributed by atoms with Gasteiger partial charge >= 0.3 is 0 Å². The molecule has 0 aromatic heterocycles. The van der Waals surface area contributed by atoms with Gasteiger partial charge in [0.15, 0.2) is 11.6 Å². The Balaban J connectivity index is 1.93. The monoisotopic (exact) mass is 258 g/mol. The minimum absolute atomic E-state index is 0.00116. The van der Waals surface area contributed by atoms with Crippen molar-refractivity contribution >= 4 is 17.7 Å². The average molecular weight is 258 g/mol. The molecule has 1 aliphatic heterocycles. The molecule has 1 atom stereocenters. The minimum Gasteiger partial charge on any atom is -0.350 e. The van der Waals surface area contributed by atoms with Gasteiger partial charge in [-0.2, -0.15) is 0 Å². The summed E-state index contributed by atoms with van der Waals surface area (Å²) in [5.74, 6) is -1.12. The molecule has 92 valence electrons. The van der Waals surface area contributed by atoms with Gasteiger partial charge in [0.2, 0.25) is 5.91 Å². The highest BCUT2D eigenvalue weighted by molar-refractivity contribution is 8.00. The van der Waals surface area contributed by atoms with E-state index in [0.29, 0.717) is 0 Å². The zero-order valence-corrected chi connectivity index (χ0v) is 9.82. The molecule has 1 aromatic carbocycles. The summed E-state index contributed by atoms with van der Waals surface area (Å²) in [6, 6.07) is 3.92. The molecule has 6 heteroatoms. The van der Waals surface area contributed by atoms with Gasteiger partial charge in [0.05, 0.1) is 0 Å². The van der Waals surface area contributed by atoms with Crippen molar-refractivity contribution in [1.29, 1.82) is 0 Å². The van der Waals surface area contributed by atoms with Crippen LogP contribution in [0.25, 0.3) is 0 Å². The Bertz CT molecular complexity index is 422. The van der Waals surface area contributed by atoms with Gasteiger partial charge in [-0.15, -0.1) is 11.8 Å². The molecule has 0 spiro atoms. The first-order valence-electron chi connectivity index (χ1n) is 5.24. The van der Waals surface area contributed by atoms with E-state index in [-0.39, 0.29) is 23.4 Å². The van der Waals surface area contributed by atoms with Gasteiger partial charge in [0.25, 0.3) is 0 Å². The Kier molecular flexibility index (Phi) is 3.96. The summed E-state index contributed by atoms with van der Waals surface area (Å²) < 4.78 is 26.2. The van der Waals surface area contributed by atoms with Crippen LogP contribution in [0.15, 0.2) is 18.2 Å². The molecular weight excluding hydrogens is 246 g/mol. The van der Waals surface area contributed by atoms with Crippen LogP contribution in [0.2, 0.25) is 0 Å². The number of hydrogen-bond donors (Lipinski definition) is 2. The van der Waals surface area contributed by atoms with Gasteiger partial charge in [-0.25, -0.2) is 8.78 Å². The van der Waals surface area contributed by atoms with Crippen molar-refractivity contribution in [2.75, 3.05) is 12.3 Å². The Morgan fingerprint density at radius 1 is 1.53 bits per heavy atom. The average Bonchev–Trinajstić information content (AvgIpc) is 2.84. The smallest absolute Gasteiger partial charge is 0.247 e. The minimum atomic E-state index is -0.903. The van der Waals surface area contributed by atoms with Gasteiger partial charge in [0.1, 0.15) is 5.37 Å². The lowest BCUT2D eigenvalue weighted by atomic mass is 10.2. The number of halogens is 2. The molecule has 0 aliphatic carbocycles. The molecule has 17 heavy (non-hydrogen) atoms. The highest BCUT2D eigenvalue weighted by Crippen LogP contribution is 2.14. The summed E-state index contributed by atoms with van der Waals surface area (Å²) >= 11 is 1.50. The fourth-order valence-electron chi connectivity index (χ4n) is 1.55. The van der Waals surface area contributed by atoms with Crippen LogP contribution in [0, 0.1) is 11.6 Å². The van der Waals surface area contributed by atoms with Crippen molar-refractivity contribution in [2.24, 2.45) is 0 Å². The Morgan fingerprint density at radius 2 is 2.35 bits per heavy atom. The van der Waals surface area contributed by atoms with E-state index in [0.717, 1.165) is 18.4 Å². The maximum atomic E-state index is 13.3. The second-order valence-electron chi connectivity index (χ2n) is 3.64. The van der Waals surface area contributed by atoms with Crippen molar-refractivity contribution in [3.05, 3.63) is 35.4 Å². The van der Waals surface area contributed by atoms with E-state index >= 15 is 0 Å². The van der Waals surface area contributed by atoms with Crippen molar-refractivity contribution in [2.45, 2.75) is 11.9 Å². The molecule has 0 radical (unpaired) electrons. The summed E-state index contributed by atoms with van der Waals surface area (Å²) in [5, 5.41) is 5.30. The molecule has 1 amide bonds. The van der Waals surface area contributed by atoms with Crippen molar-refractivity contribution in [3.8, 4) is 0 Å². The van der Waals surface area contributed by atoms with Crippen LogP contribution >= 0.6 is 11.8 Å². The van der Waals surface area contributed by atoms with E-state index in [1.54, 1.807) is 0 Å². The van der Waals surface area contributed by atoms with Gasteiger partial charge in [-0.05, 0) is 6.07 Å². The maximum Gasteiger partial charge on any atom is 0.247 e. The van der Waals surface area contributed by atoms with Crippen molar-refractivity contribution in [3.63, 3.8) is 0 Å². The fourth-order valence-corrected chi connectivity index (χ4v) is 2.50. The van der Waals surface area contributed by atoms with Gasteiger partial charge < -0.3 is 5.32 Å². The normalized spacial score (nSPS) is 19.3. The van der Waals surface area contributed by atoms with E-state index in [4.69, 9.17) is 0 Å². The number of carbonyl (C=O) groups excluding carboxylic acids is 1. The number of carbonyl (C=O) groups is 1. The standard InChI is InChI=1S/C11H12F2N2OS/c12-8-3-1-2-7(9(8)13)6-15-10(16)11-14-4-5-17-11/h1-3,11,14H,4-6H2,(H,15,16). The molecule has 3 nitrogen and oxygen atoms in total. The van der Waals surface area contributed by atoms with Crippen LogP contribution in [0.3, 0.4) is 0 Å². The number of nitrogens with one attached hydrogen (secondary N) is 2. The van der Waals surface area contributed by atoms with E-state index in [2.05, 4.69) is 10.6 Å². The van der Waals surface area contributed by atoms with Crippen LogP contribution in [0.1, 0.15) is 5.56 Å². The quantitative estimate of drug-likeness (QED) is 0.857. The molecule has 1 aliphatic rings. The second kappa shape index (κ2) is 5.46. The number of benzene rings is 1. The zero-order valence-electron chi connectivity index (χ0n) is 9.00. The molecule has 1 unspecified atom stereocenters. The van der Waals surface area contributed by atoms with E-state index < -0.39 is 11.6 Å². The van der Waals surface area contributed by atoms with E-state index in [1.807, 2.05) is 0 Å². The number of hydrogen-bond acceptors (Lipinski definition) is 3. The highest BCUT2D eigenvalue weighted by atomic mass is 32.2. The molecule has 1 heterocycles. The van der Waals surface area contributed by atoms with Gasteiger partial charge in [0, 0.05) is 24.4 Å². The predicted molar refractivity (Wildman–Crippen MR) is 62.5 cm³/mol. The molecule has 2 rings (SSSR count). The molecule has 0 saturated carbocycles. The lowest BCUT2D eigenvalue weighted by Gasteiger charge is -2.11. The molecule has 1 fully saturated rings. The van der Waals surface area contributed by atoms with Crippen molar-refractivity contribution in [1.82, 2.24) is 10.6 Å². The lowest BCUT2D eigenvalue weighted by Crippen LogP contribution is -2.38. The van der Waals surface area contributed by atoms with Crippen LogP contribution in [-0.4, -0.2) is 23.6 Å². The van der Waals surface area contributed by atoms with E-state index in [9.17, 15) is 13.6 Å². The molecule has 2 N–H and O–H groups in total. The Morgan fingerprint density at radius 3 is 3.06 bits per heavy atom. The van der Waals surface area contributed by atoms with Crippen LogP contribution in [-0.2, 0) is 11.3 Å². The largest absolute Gasteiger partial charge is 0.350 e. The first kappa shape index (κ1) is 12.3. The Hall–Kier alpha value is -1.14. The van der Waals surface area contributed by atoms with Crippen LogP contribution < -0.4 is 10.6 Å².